The molecule has 0 amide bonds. The SMILES string of the molecule is COc1cccn2cc(CC3CCSCC3)nc12. The molecular weight excluding hydrogens is 244 g/mol. The van der Waals surface area contributed by atoms with Crippen molar-refractivity contribution in [3.63, 3.8) is 0 Å². The molecule has 2 aromatic rings. The Balaban J connectivity index is 1.84. The van der Waals surface area contributed by atoms with Crippen molar-refractivity contribution in [2.24, 2.45) is 5.92 Å². The van der Waals surface area contributed by atoms with Crippen LogP contribution in [0, 0.1) is 5.92 Å². The number of hydrogen-bond donors (Lipinski definition) is 0. The molecule has 1 aliphatic rings. The Bertz CT molecular complexity index is 532. The molecule has 96 valence electrons. The summed E-state index contributed by atoms with van der Waals surface area (Å²) in [6.07, 6.45) is 7.93. The van der Waals surface area contributed by atoms with E-state index in [4.69, 9.17) is 9.72 Å². The van der Waals surface area contributed by atoms with Crippen molar-refractivity contribution in [2.75, 3.05) is 18.6 Å². The Kier molecular flexibility index (Phi) is 3.46. The van der Waals surface area contributed by atoms with Gasteiger partial charge < -0.3 is 9.14 Å². The van der Waals surface area contributed by atoms with Crippen LogP contribution in [0.5, 0.6) is 5.75 Å². The Hall–Kier alpha value is -1.16. The van der Waals surface area contributed by atoms with Crippen LogP contribution in [-0.4, -0.2) is 28.0 Å². The molecule has 4 heteroatoms. The van der Waals surface area contributed by atoms with E-state index in [1.807, 2.05) is 18.3 Å². The van der Waals surface area contributed by atoms with E-state index in [-0.39, 0.29) is 0 Å². The molecule has 3 nitrogen and oxygen atoms in total. The summed E-state index contributed by atoms with van der Waals surface area (Å²) in [7, 11) is 1.70. The van der Waals surface area contributed by atoms with Crippen LogP contribution in [0.25, 0.3) is 5.65 Å². The van der Waals surface area contributed by atoms with Gasteiger partial charge in [0.1, 0.15) is 0 Å². The van der Waals surface area contributed by atoms with Gasteiger partial charge in [-0.3, -0.25) is 0 Å². The lowest BCUT2D eigenvalue weighted by Crippen LogP contribution is -2.12. The van der Waals surface area contributed by atoms with E-state index in [0.29, 0.717) is 0 Å². The van der Waals surface area contributed by atoms with Gasteiger partial charge in [0.2, 0.25) is 0 Å². The molecule has 3 rings (SSSR count). The second-order valence-electron chi connectivity index (χ2n) is 4.80. The van der Waals surface area contributed by atoms with Gasteiger partial charge in [-0.15, -0.1) is 0 Å². The predicted octanol–water partition coefficient (Wildman–Crippen LogP) is 3.03. The normalized spacial score (nSPS) is 17.2. The summed E-state index contributed by atoms with van der Waals surface area (Å²) in [6.45, 7) is 0. The molecule has 1 saturated heterocycles. The highest BCUT2D eigenvalue weighted by atomic mass is 32.2. The zero-order valence-electron chi connectivity index (χ0n) is 10.6. The molecular formula is C14H18N2OS. The number of fused-ring (bicyclic) bond motifs is 1. The Morgan fingerprint density at radius 2 is 2.28 bits per heavy atom. The smallest absolute Gasteiger partial charge is 0.179 e. The standard InChI is InChI=1S/C14H18N2OS/c1-17-13-3-2-6-16-10-12(15-14(13)16)9-11-4-7-18-8-5-11/h2-3,6,10-11H,4-5,7-9H2,1H3. The van der Waals surface area contributed by atoms with E-state index in [9.17, 15) is 0 Å². The number of hydrogen-bond acceptors (Lipinski definition) is 3. The topological polar surface area (TPSA) is 26.5 Å². The zero-order valence-corrected chi connectivity index (χ0v) is 11.4. The van der Waals surface area contributed by atoms with Crippen LogP contribution in [-0.2, 0) is 6.42 Å². The number of pyridine rings is 1. The monoisotopic (exact) mass is 262 g/mol. The number of ether oxygens (including phenoxy) is 1. The van der Waals surface area contributed by atoms with Crippen molar-refractivity contribution in [3.8, 4) is 5.75 Å². The molecule has 0 saturated carbocycles. The summed E-state index contributed by atoms with van der Waals surface area (Å²) >= 11 is 2.07. The Morgan fingerprint density at radius 1 is 1.44 bits per heavy atom. The summed E-state index contributed by atoms with van der Waals surface area (Å²) in [5, 5.41) is 0. The van der Waals surface area contributed by atoms with Crippen LogP contribution in [0.15, 0.2) is 24.5 Å². The van der Waals surface area contributed by atoms with Crippen LogP contribution in [0.4, 0.5) is 0 Å². The minimum Gasteiger partial charge on any atom is -0.493 e. The molecule has 2 aromatic heterocycles. The first-order valence-corrected chi connectivity index (χ1v) is 7.60. The van der Waals surface area contributed by atoms with E-state index in [1.54, 1.807) is 7.11 Å². The molecule has 0 aliphatic carbocycles. The second-order valence-corrected chi connectivity index (χ2v) is 6.02. The fraction of sp³-hybridized carbons (Fsp3) is 0.500. The molecule has 18 heavy (non-hydrogen) atoms. The van der Waals surface area contributed by atoms with Crippen LogP contribution in [0.1, 0.15) is 18.5 Å². The largest absolute Gasteiger partial charge is 0.493 e. The summed E-state index contributed by atoms with van der Waals surface area (Å²) in [5.41, 5.74) is 2.12. The average molecular weight is 262 g/mol. The quantitative estimate of drug-likeness (QED) is 0.850. The zero-order chi connectivity index (χ0) is 12.4. The molecule has 0 atom stereocenters. The lowest BCUT2D eigenvalue weighted by Gasteiger charge is -2.19. The molecule has 0 N–H and O–H groups in total. The number of methoxy groups -OCH3 is 1. The van der Waals surface area contributed by atoms with Crippen LogP contribution in [0.2, 0.25) is 0 Å². The van der Waals surface area contributed by atoms with Crippen molar-refractivity contribution < 1.29 is 4.74 Å². The first kappa shape index (κ1) is 11.9. The number of thioether (sulfide) groups is 1. The van der Waals surface area contributed by atoms with Gasteiger partial charge in [-0.05, 0) is 48.8 Å². The van der Waals surface area contributed by atoms with Crippen molar-refractivity contribution in [1.29, 1.82) is 0 Å². The number of aromatic nitrogens is 2. The molecule has 1 fully saturated rings. The van der Waals surface area contributed by atoms with Gasteiger partial charge in [-0.1, -0.05) is 0 Å². The van der Waals surface area contributed by atoms with Crippen LogP contribution in [0.3, 0.4) is 0 Å². The van der Waals surface area contributed by atoms with Crippen molar-refractivity contribution in [1.82, 2.24) is 9.38 Å². The number of rotatable bonds is 3. The maximum Gasteiger partial charge on any atom is 0.179 e. The minimum absolute atomic E-state index is 0.808. The van der Waals surface area contributed by atoms with Gasteiger partial charge in [0.05, 0.1) is 12.8 Å². The van der Waals surface area contributed by atoms with Crippen molar-refractivity contribution in [3.05, 3.63) is 30.2 Å². The third-order valence-electron chi connectivity index (χ3n) is 3.56. The van der Waals surface area contributed by atoms with Gasteiger partial charge in [-0.25, -0.2) is 4.98 Å². The molecule has 1 aliphatic heterocycles. The third-order valence-corrected chi connectivity index (χ3v) is 4.60. The number of nitrogens with zero attached hydrogens (tertiary/aromatic N) is 2. The van der Waals surface area contributed by atoms with Crippen LogP contribution >= 0.6 is 11.8 Å². The molecule has 3 heterocycles. The molecule has 0 bridgehead atoms. The molecule has 0 spiro atoms. The van der Waals surface area contributed by atoms with Crippen molar-refractivity contribution >= 4 is 17.4 Å². The van der Waals surface area contributed by atoms with E-state index < -0.39 is 0 Å². The molecule has 0 radical (unpaired) electrons. The minimum atomic E-state index is 0.808. The van der Waals surface area contributed by atoms with Crippen molar-refractivity contribution in [2.45, 2.75) is 19.3 Å². The van der Waals surface area contributed by atoms with E-state index in [1.165, 1.54) is 30.0 Å². The fourth-order valence-corrected chi connectivity index (χ4v) is 3.75. The highest BCUT2D eigenvalue weighted by Crippen LogP contribution is 2.26. The molecule has 0 aromatic carbocycles. The summed E-state index contributed by atoms with van der Waals surface area (Å²) < 4.78 is 7.41. The van der Waals surface area contributed by atoms with E-state index in [0.717, 1.165) is 23.7 Å². The lowest BCUT2D eigenvalue weighted by atomic mass is 9.97. The summed E-state index contributed by atoms with van der Waals surface area (Å²) in [5.74, 6) is 4.27. The van der Waals surface area contributed by atoms with Gasteiger partial charge in [0.25, 0.3) is 0 Å². The van der Waals surface area contributed by atoms with E-state index >= 15 is 0 Å². The van der Waals surface area contributed by atoms with Gasteiger partial charge in [0, 0.05) is 12.4 Å². The van der Waals surface area contributed by atoms with Gasteiger partial charge in [0.15, 0.2) is 11.4 Å². The Morgan fingerprint density at radius 3 is 3.06 bits per heavy atom. The Labute approximate surface area is 112 Å². The second kappa shape index (κ2) is 5.22. The first-order chi connectivity index (χ1) is 8.86. The van der Waals surface area contributed by atoms with Crippen LogP contribution < -0.4 is 4.74 Å². The number of imidazole rings is 1. The summed E-state index contributed by atoms with van der Waals surface area (Å²) in [6, 6.07) is 3.96. The maximum atomic E-state index is 5.34. The van der Waals surface area contributed by atoms with Gasteiger partial charge >= 0.3 is 0 Å². The predicted molar refractivity (Wildman–Crippen MR) is 75.5 cm³/mol. The first-order valence-electron chi connectivity index (χ1n) is 6.45. The van der Waals surface area contributed by atoms with Gasteiger partial charge in [-0.2, -0.15) is 11.8 Å². The fourth-order valence-electron chi connectivity index (χ4n) is 2.54. The highest BCUT2D eigenvalue weighted by molar-refractivity contribution is 7.99. The molecule has 0 unspecified atom stereocenters. The highest BCUT2D eigenvalue weighted by Gasteiger charge is 2.16. The lowest BCUT2D eigenvalue weighted by molar-refractivity contribution is 0.417. The van der Waals surface area contributed by atoms with E-state index in [2.05, 4.69) is 22.4 Å². The average Bonchev–Trinajstić information content (AvgIpc) is 2.82. The summed E-state index contributed by atoms with van der Waals surface area (Å²) in [4.78, 5) is 4.71. The maximum absolute atomic E-state index is 5.34. The third kappa shape index (κ3) is 2.34.